The molecule has 1 aromatic carbocycles. The second-order valence-electron chi connectivity index (χ2n) is 4.64. The fraction of sp³-hybridized carbons (Fsp3) is 0.500. The van der Waals surface area contributed by atoms with Gasteiger partial charge in [-0.25, -0.2) is 13.6 Å². The van der Waals surface area contributed by atoms with Crippen molar-refractivity contribution in [2.75, 3.05) is 20.5 Å². The Hall–Kier alpha value is -1.69. The van der Waals surface area contributed by atoms with E-state index in [9.17, 15) is 13.6 Å². The van der Waals surface area contributed by atoms with E-state index in [0.717, 1.165) is 0 Å². The third-order valence-corrected chi connectivity index (χ3v) is 3.15. The summed E-state index contributed by atoms with van der Waals surface area (Å²) in [4.78, 5) is 11.2. The van der Waals surface area contributed by atoms with Crippen LogP contribution in [0.5, 0.6) is 5.75 Å². The number of benzene rings is 1. The highest BCUT2D eigenvalue weighted by Gasteiger charge is 2.55. The Morgan fingerprint density at radius 3 is 2.55 bits per heavy atom. The third-order valence-electron chi connectivity index (χ3n) is 3.15. The number of methoxy groups -OCH3 is 1. The van der Waals surface area contributed by atoms with Crippen molar-refractivity contribution in [3.8, 4) is 5.75 Å². The SMILES string of the molecule is COC(=O)c1ccc(OCOCCC2CC2(F)F)cc1. The fourth-order valence-electron chi connectivity index (χ4n) is 1.78. The molecular weight excluding hydrogens is 270 g/mol. The largest absolute Gasteiger partial charge is 0.468 e. The summed E-state index contributed by atoms with van der Waals surface area (Å²) >= 11 is 0. The molecule has 1 fully saturated rings. The maximum atomic E-state index is 12.6. The Bertz CT molecular complexity index is 459. The van der Waals surface area contributed by atoms with E-state index in [1.807, 2.05) is 0 Å². The number of esters is 1. The van der Waals surface area contributed by atoms with Gasteiger partial charge in [0.2, 0.25) is 0 Å². The molecule has 0 N–H and O–H groups in total. The first-order valence-electron chi connectivity index (χ1n) is 6.29. The molecule has 1 aromatic rings. The van der Waals surface area contributed by atoms with Crippen LogP contribution in [0.25, 0.3) is 0 Å². The summed E-state index contributed by atoms with van der Waals surface area (Å²) in [5.74, 6) is -2.91. The number of alkyl halides is 2. The van der Waals surface area contributed by atoms with Crippen molar-refractivity contribution in [3.05, 3.63) is 29.8 Å². The molecule has 20 heavy (non-hydrogen) atoms. The predicted molar refractivity (Wildman–Crippen MR) is 66.9 cm³/mol. The van der Waals surface area contributed by atoms with Crippen molar-refractivity contribution in [2.24, 2.45) is 5.92 Å². The van der Waals surface area contributed by atoms with Crippen LogP contribution in [0, 0.1) is 5.92 Å². The van der Waals surface area contributed by atoms with Crippen molar-refractivity contribution in [3.63, 3.8) is 0 Å². The van der Waals surface area contributed by atoms with Crippen LogP contribution in [0.2, 0.25) is 0 Å². The van der Waals surface area contributed by atoms with Crippen molar-refractivity contribution in [2.45, 2.75) is 18.8 Å². The fourth-order valence-corrected chi connectivity index (χ4v) is 1.78. The van der Waals surface area contributed by atoms with Gasteiger partial charge in [0.25, 0.3) is 5.92 Å². The lowest BCUT2D eigenvalue weighted by molar-refractivity contribution is 0.00653. The minimum Gasteiger partial charge on any atom is -0.468 e. The van der Waals surface area contributed by atoms with Gasteiger partial charge in [-0.1, -0.05) is 0 Å². The molecule has 110 valence electrons. The summed E-state index contributed by atoms with van der Waals surface area (Å²) < 4.78 is 40.1. The lowest BCUT2D eigenvalue weighted by Gasteiger charge is -2.07. The van der Waals surface area contributed by atoms with E-state index >= 15 is 0 Å². The van der Waals surface area contributed by atoms with E-state index in [1.165, 1.54) is 7.11 Å². The van der Waals surface area contributed by atoms with Crippen LogP contribution in [-0.2, 0) is 9.47 Å². The van der Waals surface area contributed by atoms with Gasteiger partial charge < -0.3 is 14.2 Å². The first kappa shape index (κ1) is 14.7. The van der Waals surface area contributed by atoms with E-state index in [2.05, 4.69) is 4.74 Å². The Morgan fingerprint density at radius 2 is 2.00 bits per heavy atom. The molecule has 0 saturated heterocycles. The van der Waals surface area contributed by atoms with Crippen molar-refractivity contribution in [1.82, 2.24) is 0 Å². The molecule has 0 aromatic heterocycles. The van der Waals surface area contributed by atoms with E-state index in [4.69, 9.17) is 9.47 Å². The smallest absolute Gasteiger partial charge is 0.337 e. The van der Waals surface area contributed by atoms with Crippen molar-refractivity contribution < 1.29 is 27.8 Å². The lowest BCUT2D eigenvalue weighted by Crippen LogP contribution is -2.06. The number of hydrogen-bond donors (Lipinski definition) is 0. The van der Waals surface area contributed by atoms with Gasteiger partial charge in [0.15, 0.2) is 6.79 Å². The first-order chi connectivity index (χ1) is 9.53. The summed E-state index contributed by atoms with van der Waals surface area (Å²) in [6, 6.07) is 6.38. The number of hydrogen-bond acceptors (Lipinski definition) is 4. The lowest BCUT2D eigenvalue weighted by atomic mass is 10.2. The van der Waals surface area contributed by atoms with Crippen LogP contribution in [0.15, 0.2) is 24.3 Å². The molecule has 6 heteroatoms. The molecule has 0 amide bonds. The topological polar surface area (TPSA) is 44.8 Å². The average Bonchev–Trinajstić information content (AvgIpc) is 3.05. The zero-order valence-electron chi connectivity index (χ0n) is 11.1. The maximum Gasteiger partial charge on any atom is 0.337 e. The first-order valence-corrected chi connectivity index (χ1v) is 6.29. The highest BCUT2D eigenvalue weighted by atomic mass is 19.3. The highest BCUT2D eigenvalue weighted by Crippen LogP contribution is 2.50. The van der Waals surface area contributed by atoms with Gasteiger partial charge >= 0.3 is 5.97 Å². The molecule has 4 nitrogen and oxygen atoms in total. The second kappa shape index (κ2) is 6.17. The number of rotatable bonds is 7. The molecule has 0 bridgehead atoms. The van der Waals surface area contributed by atoms with Gasteiger partial charge in [-0.3, -0.25) is 0 Å². The normalized spacial score (nSPS) is 19.4. The predicted octanol–water partition coefficient (Wildman–Crippen LogP) is 2.87. The van der Waals surface area contributed by atoms with E-state index in [-0.39, 0.29) is 19.8 Å². The van der Waals surface area contributed by atoms with Crippen LogP contribution in [0.3, 0.4) is 0 Å². The van der Waals surface area contributed by atoms with Crippen LogP contribution in [0.1, 0.15) is 23.2 Å². The average molecular weight is 286 g/mol. The molecule has 0 radical (unpaired) electrons. The summed E-state index contributed by atoms with van der Waals surface area (Å²) in [5, 5.41) is 0. The molecule has 0 aliphatic heterocycles. The molecule has 0 heterocycles. The van der Waals surface area contributed by atoms with Crippen molar-refractivity contribution >= 4 is 5.97 Å². The van der Waals surface area contributed by atoms with Gasteiger partial charge in [0, 0.05) is 12.3 Å². The second-order valence-corrected chi connectivity index (χ2v) is 4.64. The van der Waals surface area contributed by atoms with Gasteiger partial charge in [-0.15, -0.1) is 0 Å². The maximum absolute atomic E-state index is 12.6. The minimum atomic E-state index is -2.49. The highest BCUT2D eigenvalue weighted by molar-refractivity contribution is 5.89. The quantitative estimate of drug-likeness (QED) is 0.439. The summed E-state index contributed by atoms with van der Waals surface area (Å²) in [5.41, 5.74) is 0.428. The third kappa shape index (κ3) is 3.90. The Labute approximate surface area is 115 Å². The molecule has 1 aliphatic rings. The molecule has 1 atom stereocenters. The number of carbonyl (C=O) groups is 1. The van der Waals surface area contributed by atoms with E-state index in [0.29, 0.717) is 17.7 Å². The molecule has 0 spiro atoms. The Morgan fingerprint density at radius 1 is 1.35 bits per heavy atom. The molecule has 1 aliphatic carbocycles. The molecule has 1 saturated carbocycles. The summed E-state index contributed by atoms with van der Waals surface area (Å²) in [6.45, 7) is 0.246. The van der Waals surface area contributed by atoms with E-state index in [1.54, 1.807) is 24.3 Å². The zero-order valence-corrected chi connectivity index (χ0v) is 11.1. The van der Waals surface area contributed by atoms with Crippen LogP contribution >= 0.6 is 0 Å². The number of halogens is 2. The molecular formula is C14H16F2O4. The van der Waals surface area contributed by atoms with Crippen molar-refractivity contribution in [1.29, 1.82) is 0 Å². The van der Waals surface area contributed by atoms with Crippen LogP contribution in [0.4, 0.5) is 8.78 Å². The summed E-state index contributed by atoms with van der Waals surface area (Å²) in [6.07, 6.45) is 0.309. The summed E-state index contributed by atoms with van der Waals surface area (Å²) in [7, 11) is 1.31. The van der Waals surface area contributed by atoms with Gasteiger partial charge in [0.05, 0.1) is 19.3 Å². The van der Waals surface area contributed by atoms with Crippen LogP contribution < -0.4 is 4.74 Å². The van der Waals surface area contributed by atoms with Crippen LogP contribution in [-0.4, -0.2) is 32.4 Å². The number of carbonyl (C=O) groups excluding carboxylic acids is 1. The molecule has 1 unspecified atom stereocenters. The van der Waals surface area contributed by atoms with Gasteiger partial charge in [0.1, 0.15) is 5.75 Å². The standard InChI is InChI=1S/C14H16F2O4/c1-18-13(17)10-2-4-12(5-3-10)20-9-19-7-6-11-8-14(11,15)16/h2-5,11H,6-9H2,1H3. The Kier molecular flexibility index (Phi) is 4.54. The monoisotopic (exact) mass is 286 g/mol. The van der Waals surface area contributed by atoms with Gasteiger partial charge in [-0.05, 0) is 30.7 Å². The van der Waals surface area contributed by atoms with Gasteiger partial charge in [-0.2, -0.15) is 0 Å². The molecule has 2 rings (SSSR count). The van der Waals surface area contributed by atoms with E-state index < -0.39 is 17.8 Å². The number of ether oxygens (including phenoxy) is 3. The zero-order chi connectivity index (χ0) is 14.6. The minimum absolute atomic E-state index is 0.00410. The Balaban J connectivity index is 1.63.